The second-order valence-electron chi connectivity index (χ2n) is 8.80. The maximum absolute atomic E-state index is 13.1. The number of ether oxygens (including phenoxy) is 1. The van der Waals surface area contributed by atoms with Crippen molar-refractivity contribution in [1.29, 1.82) is 0 Å². The van der Waals surface area contributed by atoms with Gasteiger partial charge in [0.05, 0.1) is 17.7 Å². The Kier molecular flexibility index (Phi) is 5.97. The van der Waals surface area contributed by atoms with E-state index < -0.39 is 10.0 Å². The monoisotopic (exact) mass is 442 g/mol. The molecule has 0 saturated heterocycles. The molecule has 0 heterocycles. The van der Waals surface area contributed by atoms with Crippen LogP contribution in [-0.2, 0) is 10.0 Å². The van der Waals surface area contributed by atoms with Gasteiger partial charge in [-0.1, -0.05) is 12.5 Å². The van der Waals surface area contributed by atoms with Gasteiger partial charge in [0.25, 0.3) is 15.9 Å². The molecule has 2 bridgehead atoms. The van der Waals surface area contributed by atoms with Crippen molar-refractivity contribution in [3.05, 3.63) is 54.1 Å². The summed E-state index contributed by atoms with van der Waals surface area (Å²) in [6, 6.07) is 13.1. The Balaban J connectivity index is 1.49. The van der Waals surface area contributed by atoms with Crippen LogP contribution in [0.2, 0.25) is 0 Å². The largest absolute Gasteiger partial charge is 0.497 e. The predicted molar refractivity (Wildman–Crippen MR) is 121 cm³/mol. The summed E-state index contributed by atoms with van der Waals surface area (Å²) in [6.45, 7) is 2.07. The Hall–Kier alpha value is -2.54. The Morgan fingerprint density at radius 3 is 2.48 bits per heavy atom. The Labute approximate surface area is 184 Å². The van der Waals surface area contributed by atoms with Gasteiger partial charge in [-0.05, 0) is 86.4 Å². The van der Waals surface area contributed by atoms with Gasteiger partial charge in [0.1, 0.15) is 5.75 Å². The van der Waals surface area contributed by atoms with Gasteiger partial charge < -0.3 is 10.1 Å². The first-order chi connectivity index (χ1) is 14.8. The molecule has 0 radical (unpaired) electrons. The van der Waals surface area contributed by atoms with Gasteiger partial charge in [-0.2, -0.15) is 0 Å². The highest BCUT2D eigenvalue weighted by Crippen LogP contribution is 2.49. The van der Waals surface area contributed by atoms with Crippen LogP contribution in [0.3, 0.4) is 0 Å². The predicted octanol–water partition coefficient (Wildman–Crippen LogP) is 4.07. The van der Waals surface area contributed by atoms with E-state index in [4.69, 9.17) is 4.74 Å². The van der Waals surface area contributed by atoms with Gasteiger partial charge in [0.2, 0.25) is 0 Å². The van der Waals surface area contributed by atoms with E-state index in [1.54, 1.807) is 43.5 Å². The van der Waals surface area contributed by atoms with Crippen LogP contribution in [0.5, 0.6) is 5.75 Å². The summed E-state index contributed by atoms with van der Waals surface area (Å²) in [5, 5.41) is 3.11. The summed E-state index contributed by atoms with van der Waals surface area (Å²) in [6.07, 6.45) is 5.06. The SMILES string of the molecule is COc1ccc(N(C)S(=O)(=O)c2cccc(C(=O)N[C@@H](C)[C@@H]3C[C@H]4CC[C@H]3C4)c2)cc1. The van der Waals surface area contributed by atoms with E-state index in [2.05, 4.69) is 12.2 Å². The van der Waals surface area contributed by atoms with E-state index in [-0.39, 0.29) is 16.8 Å². The van der Waals surface area contributed by atoms with Gasteiger partial charge in [-0.15, -0.1) is 0 Å². The highest BCUT2D eigenvalue weighted by molar-refractivity contribution is 7.92. The fourth-order valence-corrected chi connectivity index (χ4v) is 6.43. The molecule has 2 aromatic carbocycles. The molecule has 7 heteroatoms. The molecule has 6 nitrogen and oxygen atoms in total. The molecule has 2 aliphatic carbocycles. The lowest BCUT2D eigenvalue weighted by Crippen LogP contribution is -2.40. The standard InChI is InChI=1S/C24H30N2O4S/c1-16(23-14-17-7-8-18(23)13-17)25-24(27)19-5-4-6-22(15-19)31(28,29)26(2)20-9-11-21(30-3)12-10-20/h4-6,9-12,15-18,23H,7-8,13-14H2,1-3H3,(H,25,27)/t16-,17-,18-,23-/m0/s1. The van der Waals surface area contributed by atoms with Gasteiger partial charge in [0.15, 0.2) is 0 Å². The second-order valence-corrected chi connectivity index (χ2v) is 10.8. The van der Waals surface area contributed by atoms with E-state index in [9.17, 15) is 13.2 Å². The number of benzene rings is 2. The first-order valence-electron chi connectivity index (χ1n) is 10.8. The Bertz CT molecular complexity index is 1050. The first-order valence-corrected chi connectivity index (χ1v) is 12.3. The smallest absolute Gasteiger partial charge is 0.264 e. The van der Waals surface area contributed by atoms with Crippen molar-refractivity contribution in [2.45, 2.75) is 43.5 Å². The second kappa shape index (κ2) is 8.54. The maximum Gasteiger partial charge on any atom is 0.264 e. The number of carbonyl (C=O) groups excluding carboxylic acids is 1. The normalized spacial score (nSPS) is 23.4. The highest BCUT2D eigenvalue weighted by Gasteiger charge is 2.42. The molecule has 2 fully saturated rings. The fraction of sp³-hybridized carbons (Fsp3) is 0.458. The minimum absolute atomic E-state index is 0.0880. The number of sulfonamides is 1. The third-order valence-electron chi connectivity index (χ3n) is 6.98. The highest BCUT2D eigenvalue weighted by atomic mass is 32.2. The lowest BCUT2D eigenvalue weighted by Gasteiger charge is -2.28. The molecule has 0 unspecified atom stereocenters. The molecule has 2 aliphatic rings. The van der Waals surface area contributed by atoms with Crippen molar-refractivity contribution in [3.63, 3.8) is 0 Å². The summed E-state index contributed by atoms with van der Waals surface area (Å²) in [5.74, 6) is 2.48. The molecule has 31 heavy (non-hydrogen) atoms. The van der Waals surface area contributed by atoms with Crippen LogP contribution < -0.4 is 14.4 Å². The van der Waals surface area contributed by atoms with Crippen molar-refractivity contribution in [1.82, 2.24) is 5.32 Å². The molecular formula is C24H30N2O4S. The summed E-state index contributed by atoms with van der Waals surface area (Å²) >= 11 is 0. The van der Waals surface area contributed by atoms with Crippen LogP contribution in [0, 0.1) is 17.8 Å². The number of anilines is 1. The fourth-order valence-electron chi connectivity index (χ4n) is 5.19. The topological polar surface area (TPSA) is 75.7 Å². The van der Waals surface area contributed by atoms with Crippen molar-refractivity contribution in [2.75, 3.05) is 18.5 Å². The molecular weight excluding hydrogens is 412 g/mol. The van der Waals surface area contributed by atoms with Crippen molar-refractivity contribution >= 4 is 21.6 Å². The minimum Gasteiger partial charge on any atom is -0.497 e. The molecule has 1 amide bonds. The van der Waals surface area contributed by atoms with Gasteiger partial charge in [-0.3, -0.25) is 9.10 Å². The summed E-state index contributed by atoms with van der Waals surface area (Å²) in [5.41, 5.74) is 0.875. The van der Waals surface area contributed by atoms with Crippen molar-refractivity contribution in [3.8, 4) is 5.75 Å². The van der Waals surface area contributed by atoms with E-state index in [0.717, 1.165) is 5.92 Å². The van der Waals surface area contributed by atoms with Crippen molar-refractivity contribution < 1.29 is 17.9 Å². The van der Waals surface area contributed by atoms with Crippen LogP contribution in [-0.4, -0.2) is 34.5 Å². The molecule has 4 rings (SSSR count). The third kappa shape index (κ3) is 4.28. The van der Waals surface area contributed by atoms with Crippen LogP contribution >= 0.6 is 0 Å². The first kappa shape index (κ1) is 21.7. The van der Waals surface area contributed by atoms with E-state index in [1.807, 2.05) is 0 Å². The molecule has 1 N–H and O–H groups in total. The lowest BCUT2D eigenvalue weighted by atomic mass is 9.84. The average Bonchev–Trinajstić information content (AvgIpc) is 3.42. The molecule has 0 aromatic heterocycles. The number of rotatable bonds is 7. The minimum atomic E-state index is -3.81. The van der Waals surface area contributed by atoms with Crippen LogP contribution in [0.25, 0.3) is 0 Å². The third-order valence-corrected chi connectivity index (χ3v) is 8.77. The number of methoxy groups -OCH3 is 1. The molecule has 0 spiro atoms. The van der Waals surface area contributed by atoms with Crippen molar-refractivity contribution in [2.24, 2.45) is 17.8 Å². The number of carbonyl (C=O) groups is 1. The van der Waals surface area contributed by atoms with Crippen LogP contribution in [0.4, 0.5) is 5.69 Å². The van der Waals surface area contributed by atoms with E-state index in [0.29, 0.717) is 28.8 Å². The van der Waals surface area contributed by atoms with Gasteiger partial charge in [-0.25, -0.2) is 8.42 Å². The van der Waals surface area contributed by atoms with Gasteiger partial charge in [0, 0.05) is 18.7 Å². The molecule has 2 aromatic rings. The number of hydrogen-bond donors (Lipinski definition) is 1. The summed E-state index contributed by atoms with van der Waals surface area (Å²) in [4.78, 5) is 13.0. The molecule has 166 valence electrons. The summed E-state index contributed by atoms with van der Waals surface area (Å²) in [7, 11) is -0.745. The van der Waals surface area contributed by atoms with Crippen LogP contribution in [0.1, 0.15) is 43.0 Å². The average molecular weight is 443 g/mol. The van der Waals surface area contributed by atoms with E-state index >= 15 is 0 Å². The molecule has 4 atom stereocenters. The quantitative estimate of drug-likeness (QED) is 0.701. The Morgan fingerprint density at radius 1 is 1.13 bits per heavy atom. The zero-order chi connectivity index (χ0) is 22.2. The van der Waals surface area contributed by atoms with Gasteiger partial charge >= 0.3 is 0 Å². The molecule has 0 aliphatic heterocycles. The number of nitrogens with zero attached hydrogens (tertiary/aromatic N) is 1. The van der Waals surface area contributed by atoms with Crippen LogP contribution in [0.15, 0.2) is 53.4 Å². The Morgan fingerprint density at radius 2 is 1.87 bits per heavy atom. The number of amides is 1. The maximum atomic E-state index is 13.1. The summed E-state index contributed by atoms with van der Waals surface area (Å²) < 4.78 is 32.6. The zero-order valence-corrected chi connectivity index (χ0v) is 19.1. The molecule has 2 saturated carbocycles. The number of hydrogen-bond acceptors (Lipinski definition) is 4. The number of nitrogens with one attached hydrogen (secondary N) is 1. The van der Waals surface area contributed by atoms with E-state index in [1.165, 1.54) is 49.2 Å². The lowest BCUT2D eigenvalue weighted by molar-refractivity contribution is 0.0915. The zero-order valence-electron chi connectivity index (χ0n) is 18.2. The number of fused-ring (bicyclic) bond motifs is 2.